The summed E-state index contributed by atoms with van der Waals surface area (Å²) in [5.41, 5.74) is 7.71. The fraction of sp³-hybridized carbons (Fsp3) is 0.200. The number of para-hydroxylation sites is 1. The van der Waals surface area contributed by atoms with Gasteiger partial charge >= 0.3 is 0 Å². The number of nitrogen functional groups attached to an aromatic ring is 1. The van der Waals surface area contributed by atoms with Crippen LogP contribution in [0.25, 0.3) is 0 Å². The quantitative estimate of drug-likeness (QED) is 0.841. The number of rotatable bonds is 4. The Hall–Kier alpha value is -1.72. The SMILES string of the molecule is COc1ccc(C(O)c2ccccc2N)c(OC)c1Br. The number of halogens is 1. The largest absolute Gasteiger partial charge is 0.495 e. The molecule has 0 bridgehead atoms. The van der Waals surface area contributed by atoms with Crippen molar-refractivity contribution < 1.29 is 14.6 Å². The van der Waals surface area contributed by atoms with E-state index < -0.39 is 6.10 Å². The minimum Gasteiger partial charge on any atom is -0.495 e. The van der Waals surface area contributed by atoms with Crippen molar-refractivity contribution >= 4 is 21.6 Å². The van der Waals surface area contributed by atoms with Crippen molar-refractivity contribution in [3.05, 3.63) is 52.0 Å². The lowest BCUT2D eigenvalue weighted by Crippen LogP contribution is -2.06. The Morgan fingerprint density at radius 2 is 1.75 bits per heavy atom. The lowest BCUT2D eigenvalue weighted by atomic mass is 9.99. The maximum absolute atomic E-state index is 10.6. The average molecular weight is 338 g/mol. The van der Waals surface area contributed by atoms with Gasteiger partial charge in [0.2, 0.25) is 0 Å². The predicted octanol–water partition coefficient (Wildman–Crippen LogP) is 3.13. The van der Waals surface area contributed by atoms with Gasteiger partial charge in [0.05, 0.1) is 14.2 Å². The highest BCUT2D eigenvalue weighted by molar-refractivity contribution is 9.10. The first-order valence-electron chi connectivity index (χ1n) is 6.03. The molecule has 0 spiro atoms. The number of nitrogens with two attached hydrogens (primary N) is 1. The van der Waals surface area contributed by atoms with E-state index in [0.29, 0.717) is 32.8 Å². The van der Waals surface area contributed by atoms with Gasteiger partial charge in [-0.1, -0.05) is 18.2 Å². The molecule has 0 aliphatic carbocycles. The van der Waals surface area contributed by atoms with Crippen LogP contribution in [-0.4, -0.2) is 19.3 Å². The number of hydrogen-bond acceptors (Lipinski definition) is 4. The second-order valence-electron chi connectivity index (χ2n) is 4.24. The van der Waals surface area contributed by atoms with Gasteiger partial charge in [0, 0.05) is 16.8 Å². The third kappa shape index (κ3) is 2.59. The van der Waals surface area contributed by atoms with E-state index >= 15 is 0 Å². The molecule has 0 amide bonds. The summed E-state index contributed by atoms with van der Waals surface area (Å²) >= 11 is 3.42. The summed E-state index contributed by atoms with van der Waals surface area (Å²) in [6.45, 7) is 0. The van der Waals surface area contributed by atoms with Crippen LogP contribution in [0.2, 0.25) is 0 Å². The lowest BCUT2D eigenvalue weighted by Gasteiger charge is -2.19. The molecule has 0 saturated carbocycles. The Kier molecular flexibility index (Phi) is 4.52. The van der Waals surface area contributed by atoms with E-state index in [2.05, 4.69) is 15.9 Å². The highest BCUT2D eigenvalue weighted by atomic mass is 79.9. The highest BCUT2D eigenvalue weighted by Gasteiger charge is 2.21. The maximum Gasteiger partial charge on any atom is 0.142 e. The first kappa shape index (κ1) is 14.7. The van der Waals surface area contributed by atoms with Crippen LogP contribution in [0.1, 0.15) is 17.2 Å². The van der Waals surface area contributed by atoms with Crippen LogP contribution < -0.4 is 15.2 Å². The van der Waals surface area contributed by atoms with Crippen LogP contribution in [0, 0.1) is 0 Å². The number of ether oxygens (including phenoxy) is 2. The summed E-state index contributed by atoms with van der Waals surface area (Å²) in [6.07, 6.45) is -0.867. The first-order chi connectivity index (χ1) is 9.60. The summed E-state index contributed by atoms with van der Waals surface area (Å²) in [7, 11) is 3.12. The average Bonchev–Trinajstić information content (AvgIpc) is 2.46. The molecule has 0 saturated heterocycles. The zero-order valence-electron chi connectivity index (χ0n) is 11.3. The molecule has 0 aliphatic heterocycles. The van der Waals surface area contributed by atoms with E-state index in [1.165, 1.54) is 0 Å². The molecule has 4 nitrogen and oxygen atoms in total. The molecule has 3 N–H and O–H groups in total. The van der Waals surface area contributed by atoms with E-state index in [-0.39, 0.29) is 0 Å². The van der Waals surface area contributed by atoms with Crippen molar-refractivity contribution in [2.24, 2.45) is 0 Å². The molecule has 1 unspecified atom stereocenters. The maximum atomic E-state index is 10.6. The third-order valence-electron chi connectivity index (χ3n) is 3.10. The second-order valence-corrected chi connectivity index (χ2v) is 5.03. The van der Waals surface area contributed by atoms with Gasteiger partial charge in [-0.05, 0) is 34.1 Å². The Morgan fingerprint density at radius 3 is 2.35 bits per heavy atom. The molecule has 5 heteroatoms. The zero-order chi connectivity index (χ0) is 14.7. The molecule has 20 heavy (non-hydrogen) atoms. The number of aliphatic hydroxyl groups is 1. The van der Waals surface area contributed by atoms with Crippen molar-refractivity contribution in [1.82, 2.24) is 0 Å². The predicted molar refractivity (Wildman–Crippen MR) is 82.2 cm³/mol. The highest BCUT2D eigenvalue weighted by Crippen LogP contribution is 2.41. The zero-order valence-corrected chi connectivity index (χ0v) is 12.8. The van der Waals surface area contributed by atoms with E-state index in [1.807, 2.05) is 12.1 Å². The summed E-state index contributed by atoms with van der Waals surface area (Å²) in [5, 5.41) is 10.6. The minimum atomic E-state index is -0.867. The summed E-state index contributed by atoms with van der Waals surface area (Å²) in [5.74, 6) is 1.17. The molecule has 0 aromatic heterocycles. The Bertz CT molecular complexity index is 616. The molecule has 2 aromatic carbocycles. The number of methoxy groups -OCH3 is 2. The first-order valence-corrected chi connectivity index (χ1v) is 6.82. The van der Waals surface area contributed by atoms with Gasteiger partial charge in [0.15, 0.2) is 0 Å². The van der Waals surface area contributed by atoms with Crippen LogP contribution >= 0.6 is 15.9 Å². The Labute approximate surface area is 126 Å². The van der Waals surface area contributed by atoms with Gasteiger partial charge in [-0.15, -0.1) is 0 Å². The van der Waals surface area contributed by atoms with Gasteiger partial charge in [-0.2, -0.15) is 0 Å². The van der Waals surface area contributed by atoms with E-state index in [4.69, 9.17) is 15.2 Å². The molecular formula is C15H16BrNO3. The number of anilines is 1. The van der Waals surface area contributed by atoms with Crippen LogP contribution in [0.3, 0.4) is 0 Å². The monoisotopic (exact) mass is 337 g/mol. The van der Waals surface area contributed by atoms with Gasteiger partial charge < -0.3 is 20.3 Å². The Balaban J connectivity index is 2.53. The molecule has 2 aromatic rings. The molecule has 0 radical (unpaired) electrons. The van der Waals surface area contributed by atoms with Gasteiger partial charge in [-0.3, -0.25) is 0 Å². The lowest BCUT2D eigenvalue weighted by molar-refractivity contribution is 0.215. The van der Waals surface area contributed by atoms with Crippen molar-refractivity contribution in [2.45, 2.75) is 6.10 Å². The van der Waals surface area contributed by atoms with Crippen LogP contribution in [0.5, 0.6) is 11.5 Å². The summed E-state index contributed by atoms with van der Waals surface area (Å²) in [6, 6.07) is 10.7. The minimum absolute atomic E-state index is 0.528. The second kappa shape index (κ2) is 6.15. The molecular weight excluding hydrogens is 322 g/mol. The van der Waals surface area contributed by atoms with Crippen molar-refractivity contribution in [3.63, 3.8) is 0 Å². The van der Waals surface area contributed by atoms with Crippen molar-refractivity contribution in [1.29, 1.82) is 0 Å². The topological polar surface area (TPSA) is 64.7 Å². The van der Waals surface area contributed by atoms with Crippen LogP contribution in [-0.2, 0) is 0 Å². The molecule has 0 fully saturated rings. The number of aliphatic hydroxyl groups excluding tert-OH is 1. The van der Waals surface area contributed by atoms with E-state index in [1.54, 1.807) is 38.5 Å². The van der Waals surface area contributed by atoms with Crippen LogP contribution in [0.15, 0.2) is 40.9 Å². The smallest absolute Gasteiger partial charge is 0.142 e. The van der Waals surface area contributed by atoms with Crippen molar-refractivity contribution in [3.8, 4) is 11.5 Å². The standard InChI is InChI=1S/C15H16BrNO3/c1-19-12-8-7-10(15(20-2)13(12)16)14(18)9-5-3-4-6-11(9)17/h3-8,14,18H,17H2,1-2H3. The van der Waals surface area contributed by atoms with Gasteiger partial charge in [0.25, 0.3) is 0 Å². The van der Waals surface area contributed by atoms with E-state index in [9.17, 15) is 5.11 Å². The molecule has 0 aliphatic rings. The van der Waals surface area contributed by atoms with E-state index in [0.717, 1.165) is 0 Å². The number of benzene rings is 2. The summed E-state index contributed by atoms with van der Waals surface area (Å²) in [4.78, 5) is 0. The fourth-order valence-electron chi connectivity index (χ4n) is 2.06. The molecule has 2 rings (SSSR count). The Morgan fingerprint density at radius 1 is 1.05 bits per heavy atom. The molecule has 1 atom stereocenters. The van der Waals surface area contributed by atoms with Crippen molar-refractivity contribution in [2.75, 3.05) is 20.0 Å². The number of hydrogen-bond donors (Lipinski definition) is 2. The normalized spacial score (nSPS) is 12.0. The molecule has 0 heterocycles. The third-order valence-corrected chi connectivity index (χ3v) is 3.85. The summed E-state index contributed by atoms with van der Waals surface area (Å²) < 4.78 is 11.3. The molecule has 106 valence electrons. The fourth-order valence-corrected chi connectivity index (χ4v) is 2.75. The van der Waals surface area contributed by atoms with Gasteiger partial charge in [-0.25, -0.2) is 0 Å². The van der Waals surface area contributed by atoms with Gasteiger partial charge in [0.1, 0.15) is 22.1 Å². The van der Waals surface area contributed by atoms with Crippen LogP contribution in [0.4, 0.5) is 5.69 Å².